The number of hydrogen-bond acceptors (Lipinski definition) is 2. The summed E-state index contributed by atoms with van der Waals surface area (Å²) in [5, 5.41) is 4.41. The lowest BCUT2D eigenvalue weighted by molar-refractivity contribution is 0.808. The zero-order chi connectivity index (χ0) is 9.26. The van der Waals surface area contributed by atoms with Crippen LogP contribution in [0.5, 0.6) is 0 Å². The van der Waals surface area contributed by atoms with Gasteiger partial charge in [0, 0.05) is 12.1 Å². The molecule has 0 aliphatic rings. The van der Waals surface area contributed by atoms with E-state index in [0.717, 1.165) is 30.0 Å². The van der Waals surface area contributed by atoms with Crippen molar-refractivity contribution >= 4 is 5.65 Å². The minimum Gasteiger partial charge on any atom is -0.218 e. The van der Waals surface area contributed by atoms with Crippen LogP contribution in [0.2, 0.25) is 0 Å². The number of fused-ring (bicyclic) bond motifs is 1. The van der Waals surface area contributed by atoms with Gasteiger partial charge in [-0.1, -0.05) is 13.0 Å². The van der Waals surface area contributed by atoms with Crippen molar-refractivity contribution in [1.29, 1.82) is 0 Å². The molecule has 2 aromatic heterocycles. The summed E-state index contributed by atoms with van der Waals surface area (Å²) in [7, 11) is 0. The molecule has 2 rings (SSSR count). The predicted molar refractivity (Wildman–Crippen MR) is 51.7 cm³/mol. The van der Waals surface area contributed by atoms with Gasteiger partial charge < -0.3 is 0 Å². The highest BCUT2D eigenvalue weighted by Gasteiger charge is 2.02. The van der Waals surface area contributed by atoms with Crippen LogP contribution in [0.3, 0.4) is 0 Å². The molecule has 0 atom stereocenters. The molecule has 0 amide bonds. The van der Waals surface area contributed by atoms with Gasteiger partial charge in [0.05, 0.1) is 0 Å². The van der Waals surface area contributed by atoms with E-state index in [9.17, 15) is 0 Å². The summed E-state index contributed by atoms with van der Waals surface area (Å²) in [6, 6.07) is 6.03. The highest BCUT2D eigenvalue weighted by Crippen LogP contribution is 2.05. The first kappa shape index (κ1) is 8.23. The van der Waals surface area contributed by atoms with Crippen LogP contribution in [0.4, 0.5) is 0 Å². The van der Waals surface area contributed by atoms with Crippen LogP contribution in [0.1, 0.15) is 24.9 Å². The van der Waals surface area contributed by atoms with Crippen LogP contribution < -0.4 is 0 Å². The van der Waals surface area contributed by atoms with Crippen molar-refractivity contribution in [3.63, 3.8) is 0 Å². The first-order valence-corrected chi connectivity index (χ1v) is 4.62. The van der Waals surface area contributed by atoms with Gasteiger partial charge in [-0.3, -0.25) is 0 Å². The molecule has 0 aliphatic carbocycles. The molecule has 13 heavy (non-hydrogen) atoms. The molecular weight excluding hydrogens is 162 g/mol. The minimum atomic E-state index is 0.941. The SMILES string of the molecule is CCCc1nc2cccc(C)n2n1. The van der Waals surface area contributed by atoms with Gasteiger partial charge in [-0.25, -0.2) is 9.50 Å². The second kappa shape index (κ2) is 3.17. The summed E-state index contributed by atoms with van der Waals surface area (Å²) in [6.45, 7) is 4.18. The molecule has 68 valence electrons. The maximum Gasteiger partial charge on any atom is 0.155 e. The molecule has 0 N–H and O–H groups in total. The van der Waals surface area contributed by atoms with Crippen LogP contribution in [0.15, 0.2) is 18.2 Å². The zero-order valence-corrected chi connectivity index (χ0v) is 7.99. The Kier molecular flexibility index (Phi) is 2.00. The number of rotatable bonds is 2. The van der Waals surface area contributed by atoms with Crippen molar-refractivity contribution in [1.82, 2.24) is 14.6 Å². The molecule has 3 heteroatoms. The monoisotopic (exact) mass is 175 g/mol. The smallest absolute Gasteiger partial charge is 0.155 e. The van der Waals surface area contributed by atoms with Crippen LogP contribution in [-0.4, -0.2) is 14.6 Å². The molecule has 0 unspecified atom stereocenters. The average Bonchev–Trinajstić information content (AvgIpc) is 2.49. The van der Waals surface area contributed by atoms with Crippen LogP contribution in [0.25, 0.3) is 5.65 Å². The Morgan fingerprint density at radius 3 is 2.92 bits per heavy atom. The molecule has 0 aliphatic heterocycles. The zero-order valence-electron chi connectivity index (χ0n) is 7.99. The fourth-order valence-electron chi connectivity index (χ4n) is 1.41. The molecule has 0 saturated heterocycles. The highest BCUT2D eigenvalue weighted by atomic mass is 15.3. The quantitative estimate of drug-likeness (QED) is 0.698. The van der Waals surface area contributed by atoms with E-state index >= 15 is 0 Å². The lowest BCUT2D eigenvalue weighted by atomic mass is 10.3. The van der Waals surface area contributed by atoms with E-state index in [1.807, 2.05) is 29.6 Å². The maximum atomic E-state index is 4.42. The van der Waals surface area contributed by atoms with Gasteiger partial charge in [0.2, 0.25) is 0 Å². The number of pyridine rings is 1. The van der Waals surface area contributed by atoms with Gasteiger partial charge in [0.25, 0.3) is 0 Å². The molecular formula is C10H13N3. The van der Waals surface area contributed by atoms with Gasteiger partial charge in [0.1, 0.15) is 0 Å². The van der Waals surface area contributed by atoms with Crippen molar-refractivity contribution in [3.8, 4) is 0 Å². The Hall–Kier alpha value is -1.38. The summed E-state index contributed by atoms with van der Waals surface area (Å²) in [6.07, 6.45) is 2.05. The van der Waals surface area contributed by atoms with E-state index in [4.69, 9.17) is 0 Å². The number of aryl methyl sites for hydroxylation is 2. The Morgan fingerprint density at radius 1 is 1.38 bits per heavy atom. The molecule has 0 aromatic carbocycles. The number of hydrogen-bond donors (Lipinski definition) is 0. The van der Waals surface area contributed by atoms with E-state index in [2.05, 4.69) is 17.0 Å². The van der Waals surface area contributed by atoms with Crippen molar-refractivity contribution in [2.75, 3.05) is 0 Å². The lowest BCUT2D eigenvalue weighted by Crippen LogP contribution is -1.92. The highest BCUT2D eigenvalue weighted by molar-refractivity contribution is 5.38. The summed E-state index contributed by atoms with van der Waals surface area (Å²) in [5.41, 5.74) is 2.08. The van der Waals surface area contributed by atoms with E-state index in [-0.39, 0.29) is 0 Å². The summed E-state index contributed by atoms with van der Waals surface area (Å²) < 4.78 is 1.89. The second-order valence-electron chi connectivity index (χ2n) is 3.22. The van der Waals surface area contributed by atoms with E-state index < -0.39 is 0 Å². The van der Waals surface area contributed by atoms with Crippen molar-refractivity contribution in [2.45, 2.75) is 26.7 Å². The first-order valence-electron chi connectivity index (χ1n) is 4.62. The molecule has 0 saturated carbocycles. The van der Waals surface area contributed by atoms with Crippen LogP contribution >= 0.6 is 0 Å². The van der Waals surface area contributed by atoms with Crippen LogP contribution in [-0.2, 0) is 6.42 Å². The van der Waals surface area contributed by atoms with Crippen molar-refractivity contribution in [2.24, 2.45) is 0 Å². The summed E-state index contributed by atoms with van der Waals surface area (Å²) in [4.78, 5) is 4.42. The Labute approximate surface area is 77.4 Å². The summed E-state index contributed by atoms with van der Waals surface area (Å²) >= 11 is 0. The van der Waals surface area contributed by atoms with Gasteiger partial charge in [-0.05, 0) is 25.5 Å². The molecule has 3 nitrogen and oxygen atoms in total. The normalized spacial score (nSPS) is 10.9. The molecule has 0 radical (unpaired) electrons. The molecule has 0 fully saturated rings. The molecule has 0 bridgehead atoms. The Balaban J connectivity index is 2.55. The largest absolute Gasteiger partial charge is 0.218 e. The predicted octanol–water partition coefficient (Wildman–Crippen LogP) is 1.99. The van der Waals surface area contributed by atoms with Crippen molar-refractivity contribution < 1.29 is 0 Å². The fraction of sp³-hybridized carbons (Fsp3) is 0.400. The van der Waals surface area contributed by atoms with E-state index in [0.29, 0.717) is 0 Å². The van der Waals surface area contributed by atoms with Gasteiger partial charge in [0.15, 0.2) is 11.5 Å². The van der Waals surface area contributed by atoms with Gasteiger partial charge in [-0.2, -0.15) is 5.10 Å². The molecule has 2 heterocycles. The fourth-order valence-corrected chi connectivity index (χ4v) is 1.41. The second-order valence-corrected chi connectivity index (χ2v) is 3.22. The van der Waals surface area contributed by atoms with E-state index in [1.54, 1.807) is 0 Å². The minimum absolute atomic E-state index is 0.941. The van der Waals surface area contributed by atoms with Crippen molar-refractivity contribution in [3.05, 3.63) is 29.7 Å². The standard InChI is InChI=1S/C10H13N3/c1-3-5-9-11-10-7-4-6-8(2)13(10)12-9/h4,6-7H,3,5H2,1-2H3. The van der Waals surface area contributed by atoms with E-state index in [1.165, 1.54) is 0 Å². The lowest BCUT2D eigenvalue weighted by Gasteiger charge is -1.93. The number of aromatic nitrogens is 3. The third kappa shape index (κ3) is 1.41. The third-order valence-electron chi connectivity index (χ3n) is 2.07. The first-order chi connectivity index (χ1) is 6.31. The average molecular weight is 175 g/mol. The van der Waals surface area contributed by atoms with Crippen LogP contribution in [0, 0.1) is 6.92 Å². The molecule has 0 spiro atoms. The Bertz CT molecular complexity index is 417. The van der Waals surface area contributed by atoms with Gasteiger partial charge in [-0.15, -0.1) is 0 Å². The number of nitrogens with zero attached hydrogens (tertiary/aromatic N) is 3. The topological polar surface area (TPSA) is 30.2 Å². The third-order valence-corrected chi connectivity index (χ3v) is 2.07. The Morgan fingerprint density at radius 2 is 2.23 bits per heavy atom. The maximum absolute atomic E-state index is 4.42. The summed E-state index contributed by atoms with van der Waals surface area (Å²) in [5.74, 6) is 0.941. The molecule has 2 aromatic rings. The van der Waals surface area contributed by atoms with Gasteiger partial charge >= 0.3 is 0 Å².